The van der Waals surface area contributed by atoms with E-state index in [0.29, 0.717) is 16.4 Å². The topological polar surface area (TPSA) is 60.0 Å². The average Bonchev–Trinajstić information content (AvgIpc) is 2.96. The number of fused-ring (bicyclic) bond motifs is 1. The third kappa shape index (κ3) is 3.84. The smallest absolute Gasteiger partial charge is 0.387 e. The minimum Gasteiger partial charge on any atom is -0.496 e. The quantitative estimate of drug-likeness (QED) is 0.653. The Balaban J connectivity index is 1.77. The zero-order valence-electron chi connectivity index (χ0n) is 14.0. The molecule has 0 amide bonds. The first-order valence-electron chi connectivity index (χ1n) is 7.54. The minimum atomic E-state index is -2.85. The molecular weight excluding hydrogens is 348 g/mol. The van der Waals surface area contributed by atoms with E-state index >= 15 is 0 Å². The van der Waals surface area contributed by atoms with E-state index in [-0.39, 0.29) is 5.75 Å². The number of imidazole rings is 1. The Morgan fingerprint density at radius 2 is 2.08 bits per heavy atom. The van der Waals surface area contributed by atoms with Crippen LogP contribution in [0.3, 0.4) is 0 Å². The second kappa shape index (κ2) is 7.26. The lowest BCUT2D eigenvalue weighted by molar-refractivity contribution is -0.0497. The first kappa shape index (κ1) is 17.5. The molecule has 3 rings (SSSR count). The highest BCUT2D eigenvalue weighted by Gasteiger charge is 2.12. The van der Waals surface area contributed by atoms with Gasteiger partial charge in [-0.25, -0.2) is 4.98 Å². The summed E-state index contributed by atoms with van der Waals surface area (Å²) in [4.78, 5) is 12.0. The molecule has 132 valence electrons. The molecule has 0 saturated carbocycles. The molecule has 0 spiro atoms. The lowest BCUT2D eigenvalue weighted by Gasteiger charge is -2.11. The number of rotatable bonds is 6. The Morgan fingerprint density at radius 3 is 2.80 bits per heavy atom. The number of halogens is 2. The highest BCUT2D eigenvalue weighted by molar-refractivity contribution is 7.98. The summed E-state index contributed by atoms with van der Waals surface area (Å²) in [6, 6.07) is 4.64. The molecule has 0 unspecified atom stereocenters. The standard InChI is InChI=1S/C17H17F2N3O2S/c1-9-7-20-14(10(2)15(9)23-3)8-25-17-21-12-5-4-11(24-16(18)19)6-13(12)22-17/h4-7,16H,8H2,1-3H3,(H,21,22). The summed E-state index contributed by atoms with van der Waals surface area (Å²) >= 11 is 1.48. The number of pyridine rings is 1. The van der Waals surface area contributed by atoms with Gasteiger partial charge in [0.1, 0.15) is 11.5 Å². The van der Waals surface area contributed by atoms with Crippen molar-refractivity contribution in [1.82, 2.24) is 15.0 Å². The molecule has 5 nitrogen and oxygen atoms in total. The Morgan fingerprint density at radius 1 is 1.28 bits per heavy atom. The van der Waals surface area contributed by atoms with Crippen molar-refractivity contribution in [3.05, 3.63) is 41.2 Å². The molecule has 0 atom stereocenters. The number of nitrogens with zero attached hydrogens (tertiary/aromatic N) is 2. The molecule has 3 aromatic rings. The lowest BCUT2D eigenvalue weighted by atomic mass is 10.1. The number of alkyl halides is 2. The average molecular weight is 365 g/mol. The van der Waals surface area contributed by atoms with E-state index in [1.807, 2.05) is 13.8 Å². The molecule has 0 saturated heterocycles. The molecule has 0 aliphatic heterocycles. The molecule has 0 aliphatic rings. The van der Waals surface area contributed by atoms with Gasteiger partial charge in [-0.15, -0.1) is 0 Å². The molecule has 0 fully saturated rings. The Bertz CT molecular complexity index is 899. The van der Waals surface area contributed by atoms with Gasteiger partial charge in [0.2, 0.25) is 0 Å². The largest absolute Gasteiger partial charge is 0.496 e. The van der Waals surface area contributed by atoms with Gasteiger partial charge in [-0.05, 0) is 26.0 Å². The van der Waals surface area contributed by atoms with Gasteiger partial charge in [-0.2, -0.15) is 8.78 Å². The van der Waals surface area contributed by atoms with E-state index in [4.69, 9.17) is 4.74 Å². The second-order valence-electron chi connectivity index (χ2n) is 5.43. The van der Waals surface area contributed by atoms with Gasteiger partial charge in [-0.1, -0.05) is 11.8 Å². The van der Waals surface area contributed by atoms with Crippen molar-refractivity contribution < 1.29 is 18.3 Å². The van der Waals surface area contributed by atoms with E-state index in [2.05, 4.69) is 19.7 Å². The van der Waals surface area contributed by atoms with Crippen molar-refractivity contribution in [2.45, 2.75) is 31.4 Å². The summed E-state index contributed by atoms with van der Waals surface area (Å²) in [5, 5.41) is 0.685. The number of aryl methyl sites for hydroxylation is 1. The van der Waals surface area contributed by atoms with Crippen molar-refractivity contribution in [2.24, 2.45) is 0 Å². The first-order valence-corrected chi connectivity index (χ1v) is 8.53. The lowest BCUT2D eigenvalue weighted by Crippen LogP contribution is -2.01. The first-order chi connectivity index (χ1) is 12.0. The maximum absolute atomic E-state index is 12.3. The summed E-state index contributed by atoms with van der Waals surface area (Å²) < 4.78 is 34.4. The Hall–Kier alpha value is -2.35. The summed E-state index contributed by atoms with van der Waals surface area (Å²) in [7, 11) is 1.64. The SMILES string of the molecule is COc1c(C)cnc(CSc2nc3cc(OC(F)F)ccc3[nH]2)c1C. The number of ether oxygens (including phenoxy) is 2. The fourth-order valence-electron chi connectivity index (χ4n) is 2.56. The maximum Gasteiger partial charge on any atom is 0.387 e. The zero-order valence-corrected chi connectivity index (χ0v) is 14.8. The van der Waals surface area contributed by atoms with Crippen LogP contribution in [0.4, 0.5) is 8.78 Å². The van der Waals surface area contributed by atoms with Crippen LogP contribution in [-0.2, 0) is 5.75 Å². The van der Waals surface area contributed by atoms with Crippen LogP contribution in [0.15, 0.2) is 29.6 Å². The van der Waals surface area contributed by atoms with Crippen LogP contribution in [0.25, 0.3) is 11.0 Å². The van der Waals surface area contributed by atoms with Gasteiger partial charge in [0.25, 0.3) is 0 Å². The monoisotopic (exact) mass is 365 g/mol. The number of hydrogen-bond donors (Lipinski definition) is 1. The third-order valence-electron chi connectivity index (χ3n) is 3.75. The predicted molar refractivity (Wildman–Crippen MR) is 92.5 cm³/mol. The van der Waals surface area contributed by atoms with Crippen LogP contribution in [-0.4, -0.2) is 28.7 Å². The molecule has 0 aliphatic carbocycles. The summed E-state index contributed by atoms with van der Waals surface area (Å²) in [5.41, 5.74) is 4.24. The van der Waals surface area contributed by atoms with E-state index in [1.165, 1.54) is 23.9 Å². The molecule has 1 aromatic carbocycles. The number of hydrogen-bond acceptors (Lipinski definition) is 5. The fraction of sp³-hybridized carbons (Fsp3) is 0.294. The number of H-pyrrole nitrogens is 1. The van der Waals surface area contributed by atoms with Crippen molar-refractivity contribution in [3.63, 3.8) is 0 Å². The summed E-state index contributed by atoms with van der Waals surface area (Å²) in [6.45, 7) is 1.07. The van der Waals surface area contributed by atoms with E-state index in [9.17, 15) is 8.78 Å². The molecule has 8 heteroatoms. The molecule has 1 N–H and O–H groups in total. The van der Waals surface area contributed by atoms with Crippen LogP contribution < -0.4 is 9.47 Å². The Labute approximate surface area is 147 Å². The zero-order chi connectivity index (χ0) is 18.0. The molecule has 0 radical (unpaired) electrons. The number of nitrogens with one attached hydrogen (secondary N) is 1. The van der Waals surface area contributed by atoms with Gasteiger partial charge in [0, 0.05) is 29.1 Å². The van der Waals surface area contributed by atoms with Crippen LogP contribution in [0.1, 0.15) is 16.8 Å². The van der Waals surface area contributed by atoms with Crippen LogP contribution in [0.5, 0.6) is 11.5 Å². The second-order valence-corrected chi connectivity index (χ2v) is 6.40. The normalized spacial score (nSPS) is 11.3. The third-order valence-corrected chi connectivity index (χ3v) is 4.64. The summed E-state index contributed by atoms with van der Waals surface area (Å²) in [5.74, 6) is 1.54. The van der Waals surface area contributed by atoms with Crippen molar-refractivity contribution in [2.75, 3.05) is 7.11 Å². The molecule has 2 heterocycles. The number of aromatic amines is 1. The van der Waals surface area contributed by atoms with Crippen LogP contribution in [0.2, 0.25) is 0 Å². The molecule has 25 heavy (non-hydrogen) atoms. The van der Waals surface area contributed by atoms with Gasteiger partial charge in [-0.3, -0.25) is 4.98 Å². The van der Waals surface area contributed by atoms with Gasteiger partial charge >= 0.3 is 6.61 Å². The van der Waals surface area contributed by atoms with Gasteiger partial charge in [0.15, 0.2) is 5.16 Å². The molecule has 2 aromatic heterocycles. The van der Waals surface area contributed by atoms with Crippen LogP contribution >= 0.6 is 11.8 Å². The summed E-state index contributed by atoms with van der Waals surface area (Å²) in [6.07, 6.45) is 1.79. The fourth-order valence-corrected chi connectivity index (χ4v) is 3.47. The minimum absolute atomic E-state index is 0.0892. The van der Waals surface area contributed by atoms with Crippen molar-refractivity contribution >= 4 is 22.8 Å². The van der Waals surface area contributed by atoms with Gasteiger partial charge < -0.3 is 14.5 Å². The number of aromatic nitrogens is 3. The highest BCUT2D eigenvalue weighted by Crippen LogP contribution is 2.29. The molecule has 0 bridgehead atoms. The van der Waals surface area contributed by atoms with Crippen molar-refractivity contribution in [3.8, 4) is 11.5 Å². The number of benzene rings is 1. The van der Waals surface area contributed by atoms with Gasteiger partial charge in [0.05, 0.1) is 23.8 Å². The van der Waals surface area contributed by atoms with E-state index in [1.54, 1.807) is 19.4 Å². The maximum atomic E-state index is 12.3. The van der Waals surface area contributed by atoms with E-state index < -0.39 is 6.61 Å². The van der Waals surface area contributed by atoms with E-state index in [0.717, 1.165) is 28.1 Å². The van der Waals surface area contributed by atoms with Crippen molar-refractivity contribution in [1.29, 1.82) is 0 Å². The number of methoxy groups -OCH3 is 1. The molecular formula is C17H17F2N3O2S. The van der Waals surface area contributed by atoms with Crippen LogP contribution in [0, 0.1) is 13.8 Å². The highest BCUT2D eigenvalue weighted by atomic mass is 32.2. The predicted octanol–water partition coefficient (Wildman–Crippen LogP) is 4.48. The number of thioether (sulfide) groups is 1. The Kier molecular flexibility index (Phi) is 5.08.